The van der Waals surface area contributed by atoms with Gasteiger partial charge in [0.25, 0.3) is 10.0 Å². The van der Waals surface area contributed by atoms with Crippen LogP contribution in [0.2, 0.25) is 0 Å². The molecule has 0 saturated heterocycles. The molecule has 0 aliphatic heterocycles. The van der Waals surface area contributed by atoms with Gasteiger partial charge in [-0.2, -0.15) is 5.10 Å². The van der Waals surface area contributed by atoms with E-state index in [1.807, 2.05) is 19.3 Å². The molecular weight excluding hydrogens is 438 g/mol. The van der Waals surface area contributed by atoms with E-state index < -0.39 is 10.0 Å². The maximum absolute atomic E-state index is 13.3. The number of pyridine rings is 1. The second kappa shape index (κ2) is 8.03. The number of anilines is 1. The van der Waals surface area contributed by atoms with Crippen molar-refractivity contribution in [2.24, 2.45) is 7.05 Å². The SMILES string of the molecule is Cn1cc(-c2cnc3[nH]cc(C(=O)c4cccc(NS(=O)(=O)c5ccccc5)c4)c3c2)cn1. The van der Waals surface area contributed by atoms with Crippen molar-refractivity contribution < 1.29 is 13.2 Å². The van der Waals surface area contributed by atoms with Gasteiger partial charge in [0.1, 0.15) is 5.65 Å². The molecule has 33 heavy (non-hydrogen) atoms. The van der Waals surface area contributed by atoms with Crippen molar-refractivity contribution >= 4 is 32.5 Å². The smallest absolute Gasteiger partial charge is 0.261 e. The molecule has 0 saturated carbocycles. The van der Waals surface area contributed by atoms with E-state index >= 15 is 0 Å². The van der Waals surface area contributed by atoms with E-state index in [1.165, 1.54) is 18.2 Å². The van der Waals surface area contributed by atoms with Crippen LogP contribution in [0, 0.1) is 0 Å². The van der Waals surface area contributed by atoms with Gasteiger partial charge in [-0.05, 0) is 30.3 Å². The fourth-order valence-electron chi connectivity index (χ4n) is 3.61. The van der Waals surface area contributed by atoms with Gasteiger partial charge >= 0.3 is 0 Å². The zero-order chi connectivity index (χ0) is 23.0. The summed E-state index contributed by atoms with van der Waals surface area (Å²) in [6.45, 7) is 0. The fraction of sp³-hybridized carbons (Fsp3) is 0.0417. The van der Waals surface area contributed by atoms with E-state index in [1.54, 1.807) is 59.7 Å². The molecule has 0 radical (unpaired) electrons. The molecule has 3 aromatic heterocycles. The molecule has 0 fully saturated rings. The van der Waals surface area contributed by atoms with Gasteiger partial charge < -0.3 is 4.98 Å². The molecule has 5 aromatic rings. The third-order valence-corrected chi connectivity index (χ3v) is 6.64. The molecule has 0 unspecified atom stereocenters. The number of carbonyl (C=O) groups excluding carboxylic acids is 1. The predicted molar refractivity (Wildman–Crippen MR) is 125 cm³/mol. The Hall–Kier alpha value is -4.24. The predicted octanol–water partition coefficient (Wildman–Crippen LogP) is 4.00. The van der Waals surface area contributed by atoms with Crippen LogP contribution in [0.15, 0.2) is 90.3 Å². The molecule has 2 N–H and O–H groups in total. The van der Waals surface area contributed by atoms with E-state index in [-0.39, 0.29) is 10.7 Å². The summed E-state index contributed by atoms with van der Waals surface area (Å²) in [6, 6.07) is 16.4. The summed E-state index contributed by atoms with van der Waals surface area (Å²) in [6.07, 6.45) is 6.95. The number of fused-ring (bicyclic) bond motifs is 1. The Morgan fingerprint density at radius 1 is 1.00 bits per heavy atom. The summed E-state index contributed by atoms with van der Waals surface area (Å²) in [5.74, 6) is -0.243. The molecular formula is C24H19N5O3S. The first-order chi connectivity index (χ1) is 15.9. The van der Waals surface area contributed by atoms with Crippen molar-refractivity contribution in [3.05, 3.63) is 96.6 Å². The Kier molecular flexibility index (Phi) is 5.02. The minimum atomic E-state index is -3.76. The number of aryl methyl sites for hydroxylation is 1. The lowest BCUT2D eigenvalue weighted by molar-refractivity contribution is 0.104. The van der Waals surface area contributed by atoms with Gasteiger partial charge in [0.05, 0.1) is 11.1 Å². The van der Waals surface area contributed by atoms with Crippen LogP contribution in [0.4, 0.5) is 5.69 Å². The number of aromatic amines is 1. The molecule has 0 amide bonds. The molecule has 9 heteroatoms. The highest BCUT2D eigenvalue weighted by Gasteiger charge is 2.18. The molecule has 3 heterocycles. The number of nitrogens with one attached hydrogen (secondary N) is 2. The molecule has 2 aromatic carbocycles. The van der Waals surface area contributed by atoms with Crippen molar-refractivity contribution in [2.75, 3.05) is 4.72 Å². The van der Waals surface area contributed by atoms with Crippen LogP contribution in [0.1, 0.15) is 15.9 Å². The number of hydrogen-bond acceptors (Lipinski definition) is 5. The highest BCUT2D eigenvalue weighted by molar-refractivity contribution is 7.92. The number of ketones is 1. The molecule has 0 spiro atoms. The number of H-pyrrole nitrogens is 1. The lowest BCUT2D eigenvalue weighted by Crippen LogP contribution is -2.13. The fourth-order valence-corrected chi connectivity index (χ4v) is 4.68. The maximum Gasteiger partial charge on any atom is 0.261 e. The average molecular weight is 458 g/mol. The van der Waals surface area contributed by atoms with Crippen molar-refractivity contribution in [1.29, 1.82) is 0 Å². The summed E-state index contributed by atoms with van der Waals surface area (Å²) in [4.78, 5) is 20.9. The Balaban J connectivity index is 1.48. The molecule has 5 rings (SSSR count). The van der Waals surface area contributed by atoms with Gasteiger partial charge in [-0.3, -0.25) is 14.2 Å². The molecule has 0 bridgehead atoms. The van der Waals surface area contributed by atoms with Crippen molar-refractivity contribution in [2.45, 2.75) is 4.90 Å². The van der Waals surface area contributed by atoms with E-state index in [2.05, 4.69) is 19.8 Å². The number of sulfonamides is 1. The number of benzene rings is 2. The summed E-state index contributed by atoms with van der Waals surface area (Å²) >= 11 is 0. The van der Waals surface area contributed by atoms with E-state index in [4.69, 9.17) is 0 Å². The first-order valence-corrected chi connectivity index (χ1v) is 11.6. The van der Waals surface area contributed by atoms with Gasteiger partial charge in [0.15, 0.2) is 5.78 Å². The topological polar surface area (TPSA) is 110 Å². The normalized spacial score (nSPS) is 11.5. The Bertz CT molecular complexity index is 1590. The van der Waals surface area contributed by atoms with Gasteiger partial charge in [-0.25, -0.2) is 13.4 Å². The van der Waals surface area contributed by atoms with Crippen molar-refractivity contribution in [3.8, 4) is 11.1 Å². The van der Waals surface area contributed by atoms with Crippen molar-refractivity contribution in [3.63, 3.8) is 0 Å². The summed E-state index contributed by atoms with van der Waals surface area (Å²) in [7, 11) is -1.93. The first kappa shape index (κ1) is 20.7. The van der Waals surface area contributed by atoms with Gasteiger partial charge in [-0.1, -0.05) is 30.3 Å². The number of hydrogen-bond donors (Lipinski definition) is 2. The molecule has 164 valence electrons. The van der Waals surface area contributed by atoms with Crippen LogP contribution in [-0.2, 0) is 17.1 Å². The lowest BCUT2D eigenvalue weighted by Gasteiger charge is -2.09. The second-order valence-electron chi connectivity index (χ2n) is 7.55. The third kappa shape index (κ3) is 4.01. The second-order valence-corrected chi connectivity index (χ2v) is 9.24. The minimum absolute atomic E-state index is 0.146. The molecule has 0 atom stereocenters. The van der Waals surface area contributed by atoms with Gasteiger partial charge in [0, 0.05) is 59.0 Å². The van der Waals surface area contributed by atoms with Crippen LogP contribution in [0.3, 0.4) is 0 Å². The Morgan fingerprint density at radius 3 is 2.58 bits per heavy atom. The number of aromatic nitrogens is 4. The highest BCUT2D eigenvalue weighted by Crippen LogP contribution is 2.27. The zero-order valence-corrected chi connectivity index (χ0v) is 18.4. The van der Waals surface area contributed by atoms with Crippen LogP contribution >= 0.6 is 0 Å². The molecule has 0 aliphatic carbocycles. The van der Waals surface area contributed by atoms with Gasteiger partial charge in [0.2, 0.25) is 0 Å². The summed E-state index contributed by atoms with van der Waals surface area (Å²) in [5, 5.41) is 4.86. The Labute approximate surface area is 190 Å². The molecule has 8 nitrogen and oxygen atoms in total. The quantitative estimate of drug-likeness (QED) is 0.375. The number of nitrogens with zero attached hydrogens (tertiary/aromatic N) is 3. The third-order valence-electron chi connectivity index (χ3n) is 5.24. The first-order valence-electron chi connectivity index (χ1n) is 10.1. The highest BCUT2D eigenvalue weighted by atomic mass is 32.2. The largest absolute Gasteiger partial charge is 0.345 e. The van der Waals surface area contributed by atoms with Crippen LogP contribution < -0.4 is 4.72 Å². The van der Waals surface area contributed by atoms with E-state index in [0.29, 0.717) is 27.8 Å². The summed E-state index contributed by atoms with van der Waals surface area (Å²) in [5.41, 5.74) is 3.44. The monoisotopic (exact) mass is 457 g/mol. The van der Waals surface area contributed by atoms with Crippen LogP contribution in [0.25, 0.3) is 22.2 Å². The number of rotatable bonds is 6. The molecule has 0 aliphatic rings. The summed E-state index contributed by atoms with van der Waals surface area (Å²) < 4.78 is 29.5. The zero-order valence-electron chi connectivity index (χ0n) is 17.6. The van der Waals surface area contributed by atoms with Crippen LogP contribution in [0.5, 0.6) is 0 Å². The minimum Gasteiger partial charge on any atom is -0.345 e. The van der Waals surface area contributed by atoms with Crippen LogP contribution in [-0.4, -0.2) is 33.9 Å². The maximum atomic E-state index is 13.3. The van der Waals surface area contributed by atoms with Gasteiger partial charge in [-0.15, -0.1) is 0 Å². The average Bonchev–Trinajstić information content (AvgIpc) is 3.45. The van der Waals surface area contributed by atoms with E-state index in [0.717, 1.165) is 11.1 Å². The lowest BCUT2D eigenvalue weighted by atomic mass is 10.0. The Morgan fingerprint density at radius 2 is 1.82 bits per heavy atom. The number of carbonyl (C=O) groups is 1. The van der Waals surface area contributed by atoms with E-state index in [9.17, 15) is 13.2 Å². The standard InChI is InChI=1S/C24H19N5O3S/c1-29-15-18(13-27-29)17-11-21-22(14-26-24(21)25-12-17)23(30)16-6-5-7-19(10-16)28-33(31,32)20-8-3-2-4-9-20/h2-15,28H,1H3,(H,25,26). The van der Waals surface area contributed by atoms with Crippen molar-refractivity contribution in [1.82, 2.24) is 19.7 Å².